The lowest BCUT2D eigenvalue weighted by atomic mass is 10.1. The first kappa shape index (κ1) is 9.86. The SMILES string of the molecule is Brc1ccc(CN2CC3CCC2C3)cc1. The van der Waals surface area contributed by atoms with Crippen molar-refractivity contribution in [1.82, 2.24) is 4.90 Å². The lowest BCUT2D eigenvalue weighted by Crippen LogP contribution is -2.31. The number of likely N-dealkylation sites (tertiary alicyclic amines) is 1. The Labute approximate surface area is 99.6 Å². The van der Waals surface area contributed by atoms with Gasteiger partial charge in [0.05, 0.1) is 0 Å². The summed E-state index contributed by atoms with van der Waals surface area (Å²) in [6, 6.07) is 9.64. The van der Waals surface area contributed by atoms with Gasteiger partial charge in [0.15, 0.2) is 0 Å². The largest absolute Gasteiger partial charge is 0.296 e. The first-order valence-electron chi connectivity index (χ1n) is 5.80. The molecule has 1 aromatic carbocycles. The Bertz CT molecular complexity index is 346. The Balaban J connectivity index is 1.68. The van der Waals surface area contributed by atoms with Gasteiger partial charge < -0.3 is 0 Å². The van der Waals surface area contributed by atoms with Crippen LogP contribution in [0.3, 0.4) is 0 Å². The number of fused-ring (bicyclic) bond motifs is 2. The number of benzene rings is 1. The normalized spacial score (nSPS) is 29.9. The molecule has 0 amide bonds. The van der Waals surface area contributed by atoms with Crippen LogP contribution in [0.5, 0.6) is 0 Å². The van der Waals surface area contributed by atoms with E-state index in [1.165, 1.54) is 35.8 Å². The summed E-state index contributed by atoms with van der Waals surface area (Å²) >= 11 is 3.48. The molecule has 1 aliphatic heterocycles. The van der Waals surface area contributed by atoms with E-state index in [1.54, 1.807) is 0 Å². The third-order valence-corrected chi connectivity index (χ3v) is 4.35. The topological polar surface area (TPSA) is 3.24 Å². The van der Waals surface area contributed by atoms with Crippen molar-refractivity contribution in [3.05, 3.63) is 34.3 Å². The zero-order chi connectivity index (χ0) is 10.3. The van der Waals surface area contributed by atoms with Crippen molar-refractivity contribution < 1.29 is 0 Å². The predicted octanol–water partition coefficient (Wildman–Crippen LogP) is 3.43. The minimum atomic E-state index is 0.888. The molecule has 1 heterocycles. The number of hydrogen-bond donors (Lipinski definition) is 0. The Morgan fingerprint density at radius 3 is 2.60 bits per heavy atom. The molecule has 2 atom stereocenters. The second-order valence-corrected chi connectivity index (χ2v) is 5.80. The summed E-state index contributed by atoms with van der Waals surface area (Å²) < 4.78 is 1.18. The van der Waals surface area contributed by atoms with Gasteiger partial charge in [-0.1, -0.05) is 28.1 Å². The Morgan fingerprint density at radius 2 is 2.00 bits per heavy atom. The van der Waals surface area contributed by atoms with E-state index in [1.807, 2.05) is 0 Å². The molecule has 1 saturated heterocycles. The van der Waals surface area contributed by atoms with Gasteiger partial charge in [-0.05, 0) is 42.9 Å². The molecule has 2 fully saturated rings. The van der Waals surface area contributed by atoms with E-state index in [0.29, 0.717) is 0 Å². The quantitative estimate of drug-likeness (QED) is 0.792. The van der Waals surface area contributed by atoms with E-state index < -0.39 is 0 Å². The zero-order valence-electron chi connectivity index (χ0n) is 8.82. The molecule has 2 heteroatoms. The lowest BCUT2D eigenvalue weighted by molar-refractivity contribution is 0.205. The van der Waals surface area contributed by atoms with Crippen molar-refractivity contribution >= 4 is 15.9 Å². The van der Waals surface area contributed by atoms with E-state index in [9.17, 15) is 0 Å². The van der Waals surface area contributed by atoms with Crippen LogP contribution in [0.15, 0.2) is 28.7 Å². The van der Waals surface area contributed by atoms with Crippen LogP contribution in [0.2, 0.25) is 0 Å². The highest BCUT2D eigenvalue weighted by Crippen LogP contribution is 2.38. The molecule has 2 aliphatic rings. The molecule has 0 aromatic heterocycles. The maximum Gasteiger partial charge on any atom is 0.0236 e. The third-order valence-electron chi connectivity index (χ3n) is 3.82. The van der Waals surface area contributed by atoms with Crippen LogP contribution in [0, 0.1) is 5.92 Å². The molecule has 1 nitrogen and oxygen atoms in total. The van der Waals surface area contributed by atoms with Gasteiger partial charge >= 0.3 is 0 Å². The van der Waals surface area contributed by atoms with E-state index in [2.05, 4.69) is 45.1 Å². The fourth-order valence-electron chi connectivity index (χ4n) is 3.04. The molecule has 3 rings (SSSR count). The molecule has 1 aliphatic carbocycles. The zero-order valence-corrected chi connectivity index (χ0v) is 10.4. The minimum Gasteiger partial charge on any atom is -0.296 e. The minimum absolute atomic E-state index is 0.888. The average molecular weight is 266 g/mol. The molecule has 2 unspecified atom stereocenters. The van der Waals surface area contributed by atoms with Gasteiger partial charge in [-0.15, -0.1) is 0 Å². The van der Waals surface area contributed by atoms with Crippen molar-refractivity contribution in [2.75, 3.05) is 6.54 Å². The molecule has 1 saturated carbocycles. The molecule has 0 radical (unpaired) electrons. The summed E-state index contributed by atoms with van der Waals surface area (Å²) in [6.45, 7) is 2.48. The number of halogens is 1. The van der Waals surface area contributed by atoms with Crippen molar-refractivity contribution in [3.63, 3.8) is 0 Å². The second-order valence-electron chi connectivity index (χ2n) is 4.89. The maximum atomic E-state index is 3.48. The molecule has 15 heavy (non-hydrogen) atoms. The van der Waals surface area contributed by atoms with Gasteiger partial charge in [0.1, 0.15) is 0 Å². The van der Waals surface area contributed by atoms with Crippen LogP contribution in [-0.2, 0) is 6.54 Å². The van der Waals surface area contributed by atoms with Crippen molar-refractivity contribution in [1.29, 1.82) is 0 Å². The summed E-state index contributed by atoms with van der Waals surface area (Å²) in [5.41, 5.74) is 1.45. The Kier molecular flexibility index (Phi) is 2.57. The van der Waals surface area contributed by atoms with Gasteiger partial charge in [0, 0.05) is 23.6 Å². The summed E-state index contributed by atoms with van der Waals surface area (Å²) in [5.74, 6) is 1.01. The maximum absolute atomic E-state index is 3.48. The van der Waals surface area contributed by atoms with Crippen LogP contribution in [-0.4, -0.2) is 17.5 Å². The molecule has 1 aromatic rings. The van der Waals surface area contributed by atoms with Crippen LogP contribution < -0.4 is 0 Å². The average Bonchev–Trinajstić information content (AvgIpc) is 2.83. The van der Waals surface area contributed by atoms with Crippen LogP contribution in [0.25, 0.3) is 0 Å². The van der Waals surface area contributed by atoms with Gasteiger partial charge in [0.25, 0.3) is 0 Å². The number of piperidine rings is 1. The molecular weight excluding hydrogens is 250 g/mol. The predicted molar refractivity (Wildman–Crippen MR) is 65.7 cm³/mol. The fraction of sp³-hybridized carbons (Fsp3) is 0.538. The number of hydrogen-bond acceptors (Lipinski definition) is 1. The highest BCUT2D eigenvalue weighted by atomic mass is 79.9. The molecule has 80 valence electrons. The summed E-state index contributed by atoms with van der Waals surface area (Å²) in [6.07, 6.45) is 4.36. The van der Waals surface area contributed by atoms with Crippen molar-refractivity contribution in [3.8, 4) is 0 Å². The highest BCUT2D eigenvalue weighted by molar-refractivity contribution is 9.10. The van der Waals surface area contributed by atoms with E-state index in [4.69, 9.17) is 0 Å². The van der Waals surface area contributed by atoms with Crippen molar-refractivity contribution in [2.45, 2.75) is 31.8 Å². The molecule has 0 N–H and O–H groups in total. The summed E-state index contributed by atoms with van der Waals surface area (Å²) in [5, 5.41) is 0. The van der Waals surface area contributed by atoms with E-state index in [-0.39, 0.29) is 0 Å². The van der Waals surface area contributed by atoms with Gasteiger partial charge in [0.2, 0.25) is 0 Å². The van der Waals surface area contributed by atoms with Gasteiger partial charge in [-0.25, -0.2) is 0 Å². The first-order valence-corrected chi connectivity index (χ1v) is 6.59. The fourth-order valence-corrected chi connectivity index (χ4v) is 3.31. The van der Waals surface area contributed by atoms with E-state index >= 15 is 0 Å². The number of rotatable bonds is 2. The smallest absolute Gasteiger partial charge is 0.0236 e. The van der Waals surface area contributed by atoms with Gasteiger partial charge in [-0.3, -0.25) is 4.90 Å². The van der Waals surface area contributed by atoms with Crippen molar-refractivity contribution in [2.24, 2.45) is 5.92 Å². The standard InChI is InChI=1S/C13H16BrN/c14-12-4-1-10(2-5-12)8-15-9-11-3-6-13(15)7-11/h1-2,4-5,11,13H,3,6-9H2. The lowest BCUT2D eigenvalue weighted by Gasteiger charge is -2.26. The monoisotopic (exact) mass is 265 g/mol. The molecular formula is C13H16BrN. The highest BCUT2D eigenvalue weighted by Gasteiger charge is 2.37. The number of nitrogens with zero attached hydrogens (tertiary/aromatic N) is 1. The van der Waals surface area contributed by atoms with Crippen LogP contribution >= 0.6 is 15.9 Å². The van der Waals surface area contributed by atoms with Gasteiger partial charge in [-0.2, -0.15) is 0 Å². The molecule has 0 spiro atoms. The van der Waals surface area contributed by atoms with E-state index in [0.717, 1.165) is 18.5 Å². The second kappa shape index (κ2) is 3.91. The summed E-state index contributed by atoms with van der Waals surface area (Å²) in [4.78, 5) is 2.66. The third kappa shape index (κ3) is 1.98. The first-order chi connectivity index (χ1) is 7.31. The van der Waals surface area contributed by atoms with Crippen LogP contribution in [0.4, 0.5) is 0 Å². The Hall–Kier alpha value is -0.340. The summed E-state index contributed by atoms with van der Waals surface area (Å²) in [7, 11) is 0. The molecule has 2 bridgehead atoms. The van der Waals surface area contributed by atoms with Crippen LogP contribution in [0.1, 0.15) is 24.8 Å². The Morgan fingerprint density at radius 1 is 1.20 bits per heavy atom.